The number of nitrogen functional groups attached to an aromatic ring is 1. The van der Waals surface area contributed by atoms with Crippen molar-refractivity contribution in [2.75, 3.05) is 5.73 Å². The van der Waals surface area contributed by atoms with Crippen LogP contribution in [0.3, 0.4) is 0 Å². The molecule has 106 valence electrons. The molecule has 7 heteroatoms. The van der Waals surface area contributed by atoms with E-state index in [0.717, 1.165) is 4.47 Å². The van der Waals surface area contributed by atoms with E-state index in [9.17, 15) is 4.79 Å². The number of aromatic nitrogens is 2. The highest BCUT2D eigenvalue weighted by Gasteiger charge is 2.09. The Balaban J connectivity index is 2.07. The van der Waals surface area contributed by atoms with E-state index in [4.69, 9.17) is 22.1 Å². The molecule has 0 fully saturated rings. The highest BCUT2D eigenvalue weighted by atomic mass is 79.9. The number of halogens is 2. The summed E-state index contributed by atoms with van der Waals surface area (Å²) in [7, 11) is 0. The van der Waals surface area contributed by atoms with Crippen molar-refractivity contribution in [2.24, 2.45) is 0 Å². The SMILES string of the molecule is Nc1ccc2nc(Oc3cc(Br)ccc3Cl)[nH]c(=O)c2c1. The molecule has 0 amide bonds. The summed E-state index contributed by atoms with van der Waals surface area (Å²) in [5.41, 5.74) is 6.32. The van der Waals surface area contributed by atoms with Gasteiger partial charge in [-0.3, -0.25) is 9.78 Å². The number of hydrogen-bond acceptors (Lipinski definition) is 4. The zero-order valence-corrected chi connectivity index (χ0v) is 12.9. The Morgan fingerprint density at radius 3 is 2.86 bits per heavy atom. The molecule has 0 spiro atoms. The summed E-state index contributed by atoms with van der Waals surface area (Å²) in [4.78, 5) is 18.8. The molecule has 0 atom stereocenters. The van der Waals surface area contributed by atoms with Gasteiger partial charge in [0.2, 0.25) is 0 Å². The van der Waals surface area contributed by atoms with E-state index in [1.54, 1.807) is 36.4 Å². The van der Waals surface area contributed by atoms with Crippen LogP contribution in [0.15, 0.2) is 45.7 Å². The Bertz CT molecular complexity index is 895. The molecule has 0 radical (unpaired) electrons. The molecule has 3 rings (SSSR count). The van der Waals surface area contributed by atoms with Crippen LogP contribution in [0.4, 0.5) is 5.69 Å². The predicted molar refractivity (Wildman–Crippen MR) is 86.0 cm³/mol. The van der Waals surface area contributed by atoms with E-state index in [-0.39, 0.29) is 11.6 Å². The molecule has 0 saturated carbocycles. The number of ether oxygens (including phenoxy) is 1. The zero-order valence-electron chi connectivity index (χ0n) is 10.6. The summed E-state index contributed by atoms with van der Waals surface area (Å²) in [5.74, 6) is 0.393. The molecule has 21 heavy (non-hydrogen) atoms. The van der Waals surface area contributed by atoms with E-state index >= 15 is 0 Å². The normalized spacial score (nSPS) is 10.8. The molecular formula is C14H9BrClN3O2. The molecule has 0 saturated heterocycles. The van der Waals surface area contributed by atoms with Crippen molar-refractivity contribution >= 4 is 44.1 Å². The maximum absolute atomic E-state index is 12.0. The van der Waals surface area contributed by atoms with Crippen LogP contribution < -0.4 is 16.0 Å². The third-order valence-electron chi connectivity index (χ3n) is 2.81. The standard InChI is InChI=1S/C14H9BrClN3O2/c15-7-1-3-10(16)12(5-7)21-14-18-11-4-2-8(17)6-9(11)13(20)19-14/h1-6H,17H2,(H,18,19,20). The fraction of sp³-hybridized carbons (Fsp3) is 0. The summed E-state index contributed by atoms with van der Waals surface area (Å²) in [6.07, 6.45) is 0. The number of anilines is 1. The zero-order chi connectivity index (χ0) is 15.0. The Hall–Kier alpha value is -2.05. The van der Waals surface area contributed by atoms with Crippen molar-refractivity contribution in [3.8, 4) is 11.8 Å². The molecule has 2 aromatic carbocycles. The summed E-state index contributed by atoms with van der Waals surface area (Å²) in [6.45, 7) is 0. The first kappa shape index (κ1) is 13.9. The summed E-state index contributed by atoms with van der Waals surface area (Å²) >= 11 is 9.37. The van der Waals surface area contributed by atoms with Gasteiger partial charge in [0.15, 0.2) is 5.75 Å². The van der Waals surface area contributed by atoms with Gasteiger partial charge in [-0.15, -0.1) is 0 Å². The van der Waals surface area contributed by atoms with Crippen molar-refractivity contribution in [2.45, 2.75) is 0 Å². The fourth-order valence-electron chi connectivity index (χ4n) is 1.84. The first-order valence-electron chi connectivity index (χ1n) is 5.95. The second-order valence-electron chi connectivity index (χ2n) is 4.32. The molecular weight excluding hydrogens is 358 g/mol. The number of nitrogens with zero attached hydrogens (tertiary/aromatic N) is 1. The van der Waals surface area contributed by atoms with Crippen molar-refractivity contribution < 1.29 is 4.74 Å². The third kappa shape index (κ3) is 2.86. The Morgan fingerprint density at radius 2 is 2.05 bits per heavy atom. The lowest BCUT2D eigenvalue weighted by atomic mass is 10.2. The van der Waals surface area contributed by atoms with Crippen molar-refractivity contribution in [3.05, 3.63) is 56.2 Å². The lowest BCUT2D eigenvalue weighted by molar-refractivity contribution is 0.442. The third-order valence-corrected chi connectivity index (χ3v) is 3.61. The van der Waals surface area contributed by atoms with Gasteiger partial charge in [0.1, 0.15) is 0 Å². The minimum atomic E-state index is -0.326. The van der Waals surface area contributed by atoms with E-state index in [1.807, 2.05) is 0 Å². The number of rotatable bonds is 2. The van der Waals surface area contributed by atoms with Crippen LogP contribution in [0.5, 0.6) is 11.8 Å². The molecule has 0 unspecified atom stereocenters. The van der Waals surface area contributed by atoms with E-state index < -0.39 is 0 Å². The number of H-pyrrole nitrogens is 1. The van der Waals surface area contributed by atoms with Gasteiger partial charge in [-0.1, -0.05) is 27.5 Å². The molecule has 0 aliphatic rings. The van der Waals surface area contributed by atoms with Crippen LogP contribution in [0, 0.1) is 0 Å². The van der Waals surface area contributed by atoms with Gasteiger partial charge >= 0.3 is 6.01 Å². The van der Waals surface area contributed by atoms with Gasteiger partial charge in [0.05, 0.1) is 15.9 Å². The van der Waals surface area contributed by atoms with Crippen molar-refractivity contribution in [3.63, 3.8) is 0 Å². The largest absolute Gasteiger partial charge is 0.424 e. The Morgan fingerprint density at radius 1 is 1.24 bits per heavy atom. The average Bonchev–Trinajstić information content (AvgIpc) is 2.44. The maximum Gasteiger partial charge on any atom is 0.302 e. The molecule has 1 heterocycles. The maximum atomic E-state index is 12.0. The molecule has 0 aliphatic heterocycles. The summed E-state index contributed by atoms with van der Waals surface area (Å²) < 4.78 is 6.35. The first-order chi connectivity index (χ1) is 10.0. The average molecular weight is 367 g/mol. The second kappa shape index (κ2) is 5.38. The van der Waals surface area contributed by atoms with Crippen LogP contribution in [-0.2, 0) is 0 Å². The fourth-order valence-corrected chi connectivity index (χ4v) is 2.34. The number of nitrogens with two attached hydrogens (primary N) is 1. The molecule has 3 aromatic rings. The second-order valence-corrected chi connectivity index (χ2v) is 5.65. The monoisotopic (exact) mass is 365 g/mol. The minimum Gasteiger partial charge on any atom is -0.424 e. The lowest BCUT2D eigenvalue weighted by Gasteiger charge is -2.07. The molecule has 0 bridgehead atoms. The highest BCUT2D eigenvalue weighted by molar-refractivity contribution is 9.10. The van der Waals surface area contributed by atoms with Crippen LogP contribution in [0.25, 0.3) is 10.9 Å². The molecule has 1 aromatic heterocycles. The van der Waals surface area contributed by atoms with Gasteiger partial charge in [0.25, 0.3) is 5.56 Å². The smallest absolute Gasteiger partial charge is 0.302 e. The molecule has 3 N–H and O–H groups in total. The van der Waals surface area contributed by atoms with Gasteiger partial charge in [-0.25, -0.2) is 0 Å². The topological polar surface area (TPSA) is 81.0 Å². The first-order valence-corrected chi connectivity index (χ1v) is 7.12. The van der Waals surface area contributed by atoms with Gasteiger partial charge in [-0.2, -0.15) is 4.98 Å². The van der Waals surface area contributed by atoms with Crippen LogP contribution in [-0.4, -0.2) is 9.97 Å². The lowest BCUT2D eigenvalue weighted by Crippen LogP contribution is -2.09. The predicted octanol–water partition coefficient (Wildman–Crippen LogP) is 3.71. The van der Waals surface area contributed by atoms with Gasteiger partial charge in [0, 0.05) is 10.2 Å². The number of fused-ring (bicyclic) bond motifs is 1. The number of benzene rings is 2. The van der Waals surface area contributed by atoms with Crippen LogP contribution in [0.1, 0.15) is 0 Å². The molecule has 0 aliphatic carbocycles. The summed E-state index contributed by atoms with van der Waals surface area (Å²) in [6, 6.07) is 10.1. The highest BCUT2D eigenvalue weighted by Crippen LogP contribution is 2.30. The van der Waals surface area contributed by atoms with Crippen LogP contribution >= 0.6 is 27.5 Å². The van der Waals surface area contributed by atoms with Crippen LogP contribution in [0.2, 0.25) is 5.02 Å². The molecule has 5 nitrogen and oxygen atoms in total. The van der Waals surface area contributed by atoms with Gasteiger partial charge in [-0.05, 0) is 36.4 Å². The minimum absolute atomic E-state index is 0.0669. The quantitative estimate of drug-likeness (QED) is 0.677. The van der Waals surface area contributed by atoms with E-state index in [1.165, 1.54) is 0 Å². The van der Waals surface area contributed by atoms with E-state index in [0.29, 0.717) is 27.4 Å². The number of nitrogens with one attached hydrogen (secondary N) is 1. The Labute approximate surface area is 132 Å². The van der Waals surface area contributed by atoms with Crippen molar-refractivity contribution in [1.29, 1.82) is 0 Å². The van der Waals surface area contributed by atoms with Crippen molar-refractivity contribution in [1.82, 2.24) is 9.97 Å². The number of hydrogen-bond donors (Lipinski definition) is 2. The summed E-state index contributed by atoms with van der Waals surface area (Å²) in [5, 5.41) is 0.820. The number of aromatic amines is 1. The van der Waals surface area contributed by atoms with E-state index in [2.05, 4.69) is 25.9 Å². The Kier molecular flexibility index (Phi) is 3.57. The van der Waals surface area contributed by atoms with Gasteiger partial charge < -0.3 is 10.5 Å².